The van der Waals surface area contributed by atoms with Crippen molar-refractivity contribution in [1.29, 1.82) is 0 Å². The summed E-state index contributed by atoms with van der Waals surface area (Å²) in [5.74, 6) is 0. The van der Waals surface area contributed by atoms with Gasteiger partial charge < -0.3 is 19.3 Å². The molecule has 0 unspecified atom stereocenters. The van der Waals surface area contributed by atoms with Crippen LogP contribution in [0.2, 0.25) is 0 Å². The number of ether oxygens (including phenoxy) is 3. The maximum atomic E-state index is 9.71. The molecule has 0 amide bonds. The van der Waals surface area contributed by atoms with Crippen molar-refractivity contribution in [1.82, 2.24) is 0 Å². The Morgan fingerprint density at radius 1 is 1.79 bits per heavy atom. The molecule has 0 spiro atoms. The van der Waals surface area contributed by atoms with Gasteiger partial charge in [0.2, 0.25) is 0 Å². The Morgan fingerprint density at radius 3 is 2.93 bits per heavy atom. The van der Waals surface area contributed by atoms with Crippen LogP contribution in [0.15, 0.2) is 12.7 Å². The second-order valence-corrected chi connectivity index (χ2v) is 3.32. The Bertz CT molecular complexity index is 213. The second-order valence-electron chi connectivity index (χ2n) is 3.32. The number of rotatable bonds is 3. The standard InChI is InChI=1S/C9H13O4.U/c1-3-7(10)9-5-12-6(4-13-9)8(9)11-2;/h3-4,6-8,10H,1,5H2,2H3;/q-1;/t6-,7-,8-,9+;/m0./s1. The average molecular weight is 423 g/mol. The van der Waals surface area contributed by atoms with Crippen LogP contribution in [0, 0.1) is 37.7 Å². The molecule has 0 radical (unpaired) electrons. The molecule has 2 aliphatic heterocycles. The number of methoxy groups -OCH3 is 1. The molecule has 2 aliphatic rings. The monoisotopic (exact) mass is 423 g/mol. The summed E-state index contributed by atoms with van der Waals surface area (Å²) in [6.07, 6.45) is 0.276. The second kappa shape index (κ2) is 4.65. The van der Waals surface area contributed by atoms with Gasteiger partial charge in [-0.3, -0.25) is 0 Å². The number of aliphatic hydroxyl groups excluding tert-OH is 1. The van der Waals surface area contributed by atoms with Crippen molar-refractivity contribution in [2.45, 2.75) is 23.9 Å². The van der Waals surface area contributed by atoms with Crippen LogP contribution in [0.3, 0.4) is 0 Å². The quantitative estimate of drug-likeness (QED) is 0.508. The summed E-state index contributed by atoms with van der Waals surface area (Å²) in [4.78, 5) is 0. The zero-order chi connectivity index (χ0) is 9.47. The van der Waals surface area contributed by atoms with Gasteiger partial charge in [0.15, 0.2) is 0 Å². The summed E-state index contributed by atoms with van der Waals surface area (Å²) in [5.41, 5.74) is -0.777. The van der Waals surface area contributed by atoms with Gasteiger partial charge in [-0.05, 0) is 6.10 Å². The van der Waals surface area contributed by atoms with E-state index in [1.165, 1.54) is 6.08 Å². The Balaban J connectivity index is 0.000000980. The van der Waals surface area contributed by atoms with E-state index in [1.54, 1.807) is 13.7 Å². The normalized spacial score (nSPS) is 41.9. The SMILES string of the molecule is C=C[C@H](O)[C@@]12CO[C@@H]([CH-]O1)[C@@H]2OC.[U]. The molecule has 0 aromatic carbocycles. The molecule has 2 bridgehead atoms. The third-order valence-electron chi connectivity index (χ3n) is 2.68. The van der Waals surface area contributed by atoms with Gasteiger partial charge in [-0.25, -0.2) is 0 Å². The summed E-state index contributed by atoms with van der Waals surface area (Å²) in [7, 11) is 1.58. The van der Waals surface area contributed by atoms with E-state index in [9.17, 15) is 5.11 Å². The predicted molar refractivity (Wildman–Crippen MR) is 44.9 cm³/mol. The van der Waals surface area contributed by atoms with Gasteiger partial charge in [0.25, 0.3) is 0 Å². The largest absolute Gasteiger partial charge is 0.539 e. The maximum absolute atomic E-state index is 9.71. The summed E-state index contributed by atoms with van der Waals surface area (Å²) in [5, 5.41) is 9.71. The minimum absolute atomic E-state index is 0. The summed E-state index contributed by atoms with van der Waals surface area (Å²) in [6.45, 7) is 5.45. The molecule has 0 saturated carbocycles. The number of hydrogen-bond acceptors (Lipinski definition) is 4. The van der Waals surface area contributed by atoms with E-state index in [1.807, 2.05) is 0 Å². The molecule has 14 heavy (non-hydrogen) atoms. The van der Waals surface area contributed by atoms with Gasteiger partial charge in [0.05, 0.1) is 12.7 Å². The van der Waals surface area contributed by atoms with Crippen LogP contribution in [0.5, 0.6) is 0 Å². The minimum Gasteiger partial charge on any atom is -0.539 e. The topological polar surface area (TPSA) is 47.9 Å². The van der Waals surface area contributed by atoms with Gasteiger partial charge in [0, 0.05) is 38.2 Å². The molecule has 0 aliphatic carbocycles. The smallest absolute Gasteiger partial charge is 0.115 e. The molecule has 2 heterocycles. The molecule has 2 fully saturated rings. The number of hydrogen-bond donors (Lipinski definition) is 1. The summed E-state index contributed by atoms with van der Waals surface area (Å²) >= 11 is 0. The first-order chi connectivity index (χ1) is 6.24. The fourth-order valence-corrected chi connectivity index (χ4v) is 1.94. The molecule has 0 aromatic heterocycles. The third kappa shape index (κ3) is 1.61. The van der Waals surface area contributed by atoms with E-state index in [2.05, 4.69) is 6.58 Å². The van der Waals surface area contributed by atoms with Crippen LogP contribution in [0.4, 0.5) is 0 Å². The van der Waals surface area contributed by atoms with Crippen molar-refractivity contribution in [3.63, 3.8) is 0 Å². The van der Waals surface area contributed by atoms with Crippen LogP contribution < -0.4 is 0 Å². The Labute approximate surface area is 107 Å². The Kier molecular flexibility index (Phi) is 4.22. The van der Waals surface area contributed by atoms with Crippen molar-refractivity contribution in [3.8, 4) is 0 Å². The van der Waals surface area contributed by atoms with Gasteiger partial charge in [0.1, 0.15) is 11.7 Å². The third-order valence-corrected chi connectivity index (χ3v) is 2.68. The van der Waals surface area contributed by atoms with Crippen LogP contribution in [0.1, 0.15) is 0 Å². The van der Waals surface area contributed by atoms with Crippen molar-refractivity contribution in [3.05, 3.63) is 19.3 Å². The Morgan fingerprint density at radius 2 is 2.50 bits per heavy atom. The summed E-state index contributed by atoms with van der Waals surface area (Å²) in [6, 6.07) is 0. The van der Waals surface area contributed by atoms with E-state index < -0.39 is 11.7 Å². The average Bonchev–Trinajstić information content (AvgIpc) is 2.71. The van der Waals surface area contributed by atoms with E-state index in [4.69, 9.17) is 14.2 Å². The molecule has 1 N–H and O–H groups in total. The molecular formula is C9H13O4U-. The fraction of sp³-hybridized carbons (Fsp3) is 0.667. The van der Waals surface area contributed by atoms with E-state index in [-0.39, 0.29) is 43.3 Å². The van der Waals surface area contributed by atoms with Crippen molar-refractivity contribution >= 4 is 0 Å². The van der Waals surface area contributed by atoms with Crippen molar-refractivity contribution in [2.75, 3.05) is 13.7 Å². The first kappa shape index (κ1) is 12.7. The van der Waals surface area contributed by atoms with Crippen LogP contribution in [0.25, 0.3) is 0 Å². The van der Waals surface area contributed by atoms with Crippen molar-refractivity contribution < 1.29 is 50.4 Å². The molecule has 5 heteroatoms. The Hall–Kier alpha value is 0.632. The molecule has 2 rings (SSSR count). The predicted octanol–water partition coefficient (Wildman–Crippen LogP) is -0.122. The molecule has 2 saturated heterocycles. The van der Waals surface area contributed by atoms with E-state index >= 15 is 0 Å². The van der Waals surface area contributed by atoms with Crippen LogP contribution in [-0.4, -0.2) is 42.7 Å². The molecule has 4 atom stereocenters. The van der Waals surface area contributed by atoms with Crippen LogP contribution >= 0.6 is 0 Å². The first-order valence-electron chi connectivity index (χ1n) is 4.21. The number of aliphatic hydroxyl groups is 1. The van der Waals surface area contributed by atoms with Gasteiger partial charge in [-0.15, -0.1) is 6.58 Å². The fourth-order valence-electron chi connectivity index (χ4n) is 1.94. The van der Waals surface area contributed by atoms with Crippen LogP contribution in [-0.2, 0) is 14.2 Å². The first-order valence-corrected chi connectivity index (χ1v) is 4.21. The molecule has 78 valence electrons. The molecule has 0 aromatic rings. The van der Waals surface area contributed by atoms with Crippen molar-refractivity contribution in [2.24, 2.45) is 0 Å². The van der Waals surface area contributed by atoms with Gasteiger partial charge in [-0.2, -0.15) is 6.61 Å². The maximum Gasteiger partial charge on any atom is 0.115 e. The zero-order valence-electron chi connectivity index (χ0n) is 7.97. The van der Waals surface area contributed by atoms with E-state index in [0.717, 1.165) is 0 Å². The molecule has 4 nitrogen and oxygen atoms in total. The molecular weight excluding hydrogens is 410 g/mol. The van der Waals surface area contributed by atoms with Gasteiger partial charge in [-0.1, -0.05) is 6.08 Å². The minimum atomic E-state index is -0.777. The zero-order valence-corrected chi connectivity index (χ0v) is 12.1. The summed E-state index contributed by atoms with van der Waals surface area (Å²) < 4.78 is 16.0. The van der Waals surface area contributed by atoms with E-state index in [0.29, 0.717) is 6.61 Å². The number of fused-ring (bicyclic) bond motifs is 2. The van der Waals surface area contributed by atoms with Gasteiger partial charge >= 0.3 is 0 Å².